The summed E-state index contributed by atoms with van der Waals surface area (Å²) in [5.74, 6) is 2.94. The van der Waals surface area contributed by atoms with E-state index >= 15 is 0 Å². The summed E-state index contributed by atoms with van der Waals surface area (Å²) in [6.45, 7) is 25.6. The van der Waals surface area contributed by atoms with Gasteiger partial charge in [0.05, 0.1) is 42.7 Å². The average molecular weight is 701 g/mol. The highest BCUT2D eigenvalue weighted by Gasteiger charge is 2.80. The van der Waals surface area contributed by atoms with Gasteiger partial charge >= 0.3 is 0 Å². The highest BCUT2D eigenvalue weighted by atomic mass is 16.7. The third-order valence-electron chi connectivity index (χ3n) is 16.8. The number of β-amino-alcohol motifs (C(OH)–C–C–N with tert-alkyl or cyclic N) is 1. The van der Waals surface area contributed by atoms with Crippen molar-refractivity contribution in [2.75, 3.05) is 45.9 Å². The van der Waals surface area contributed by atoms with Crippen molar-refractivity contribution < 1.29 is 29.2 Å². The first-order valence-electron chi connectivity index (χ1n) is 20.8. The van der Waals surface area contributed by atoms with Gasteiger partial charge in [-0.25, -0.2) is 0 Å². The Bertz CT molecular complexity index is 1270. The van der Waals surface area contributed by atoms with Gasteiger partial charge in [-0.1, -0.05) is 20.8 Å². The van der Waals surface area contributed by atoms with Crippen LogP contribution in [0.1, 0.15) is 127 Å². The maximum Gasteiger partial charge on any atom is 0.170 e. The first-order valence-corrected chi connectivity index (χ1v) is 20.8. The molecule has 3 saturated heterocycles. The van der Waals surface area contributed by atoms with Gasteiger partial charge in [0.25, 0.3) is 0 Å². The summed E-state index contributed by atoms with van der Waals surface area (Å²) in [6.07, 6.45) is 12.9. The van der Waals surface area contributed by atoms with Gasteiger partial charge in [0.15, 0.2) is 6.29 Å². The molecule has 0 radical (unpaired) electrons. The molecule has 5 aliphatic carbocycles. The van der Waals surface area contributed by atoms with Crippen LogP contribution < -0.4 is 0 Å². The minimum absolute atomic E-state index is 0.0156. The standard InChI is InChI=1S/C42H72N2O6/c1-10-47-35(38(6,7)46)30-13-11-28-31(49-30)21-29-27-12-14-32-37(4,5)33(15-16-42(32)23-41(27,42)18-17-40(28,29)9)50-34-22-44(19-20-48-34)39(8)25-43(26-39)24-36(2,3)45/h27-35,45-46H,10-26H2,1-9H3. The van der Waals surface area contributed by atoms with Gasteiger partial charge in [-0.3, -0.25) is 9.80 Å². The zero-order chi connectivity index (χ0) is 35.7. The Balaban J connectivity index is 0.922. The zero-order valence-electron chi connectivity index (χ0n) is 33.1. The number of likely N-dealkylation sites (tertiary alicyclic amines) is 1. The Labute approximate surface area is 303 Å². The number of aliphatic hydroxyl groups is 2. The summed E-state index contributed by atoms with van der Waals surface area (Å²) in [4.78, 5) is 4.98. The molecule has 5 saturated carbocycles. The molecule has 286 valence electrons. The molecule has 3 heterocycles. The van der Waals surface area contributed by atoms with Crippen LogP contribution in [0.3, 0.4) is 0 Å². The number of morpholine rings is 1. The molecule has 0 aromatic rings. The molecule has 3 aliphatic heterocycles. The molecule has 8 heteroatoms. The molecular formula is C42H72N2O6. The first-order chi connectivity index (χ1) is 23.4. The van der Waals surface area contributed by atoms with Crippen molar-refractivity contribution in [2.24, 2.45) is 45.3 Å². The molecular weight excluding hydrogens is 628 g/mol. The second-order valence-electron chi connectivity index (χ2n) is 21.2. The lowest BCUT2D eigenvalue weighted by atomic mass is 9.46. The largest absolute Gasteiger partial charge is 0.389 e. The third kappa shape index (κ3) is 5.64. The van der Waals surface area contributed by atoms with Crippen LogP contribution in [0.5, 0.6) is 0 Å². The Morgan fingerprint density at radius 2 is 1.62 bits per heavy atom. The molecule has 0 aromatic heterocycles. The fourth-order valence-corrected chi connectivity index (χ4v) is 14.8. The minimum atomic E-state index is -0.904. The average Bonchev–Trinajstić information content (AvgIpc) is 3.59. The van der Waals surface area contributed by atoms with Crippen molar-refractivity contribution in [1.29, 1.82) is 0 Å². The first kappa shape index (κ1) is 36.6. The van der Waals surface area contributed by atoms with Crippen LogP contribution in [0, 0.1) is 45.3 Å². The van der Waals surface area contributed by atoms with E-state index in [0.29, 0.717) is 34.9 Å². The fraction of sp³-hybridized carbons (Fsp3) is 1.00. The molecule has 12 atom stereocenters. The highest BCUT2D eigenvalue weighted by Crippen LogP contribution is 2.87. The Morgan fingerprint density at radius 1 is 0.880 bits per heavy atom. The summed E-state index contributed by atoms with van der Waals surface area (Å²) < 4.78 is 26.5. The fourth-order valence-electron chi connectivity index (χ4n) is 14.8. The second kappa shape index (κ2) is 12.1. The molecule has 0 bridgehead atoms. The van der Waals surface area contributed by atoms with E-state index in [0.717, 1.165) is 69.9 Å². The smallest absolute Gasteiger partial charge is 0.170 e. The van der Waals surface area contributed by atoms with Crippen molar-refractivity contribution in [2.45, 2.75) is 174 Å². The lowest BCUT2D eigenvalue weighted by molar-refractivity contribution is -0.257. The molecule has 0 amide bonds. The zero-order valence-corrected chi connectivity index (χ0v) is 33.1. The number of hydrogen-bond donors (Lipinski definition) is 2. The van der Waals surface area contributed by atoms with Crippen LogP contribution in [0.2, 0.25) is 0 Å². The van der Waals surface area contributed by atoms with Crippen LogP contribution in [-0.4, -0.2) is 113 Å². The van der Waals surface area contributed by atoms with Crippen molar-refractivity contribution in [3.8, 4) is 0 Å². The summed E-state index contributed by atoms with van der Waals surface area (Å²) in [6, 6.07) is 0. The minimum Gasteiger partial charge on any atom is -0.389 e. The lowest BCUT2D eigenvalue weighted by Crippen LogP contribution is -2.72. The predicted molar refractivity (Wildman–Crippen MR) is 195 cm³/mol. The normalized spacial score (nSPS) is 47.6. The van der Waals surface area contributed by atoms with Crippen molar-refractivity contribution >= 4 is 0 Å². The summed E-state index contributed by atoms with van der Waals surface area (Å²) in [5, 5.41) is 21.3. The number of hydrogen-bond acceptors (Lipinski definition) is 8. The topological polar surface area (TPSA) is 83.9 Å². The second-order valence-corrected chi connectivity index (χ2v) is 21.2. The van der Waals surface area contributed by atoms with Gasteiger partial charge in [0, 0.05) is 38.3 Å². The molecule has 12 unspecified atom stereocenters. The van der Waals surface area contributed by atoms with Crippen LogP contribution in [0.25, 0.3) is 0 Å². The van der Waals surface area contributed by atoms with Gasteiger partial charge in [-0.15, -0.1) is 0 Å². The van der Waals surface area contributed by atoms with E-state index in [-0.39, 0.29) is 35.6 Å². The SMILES string of the molecule is CCOC(C1CCC2C(CC3C4CCC5C(C)(C)C(OC6CN(C7(C)CN(CC(C)(C)O)C7)CCO6)CCC56CC46CCC23C)O1)C(C)(C)O. The molecule has 0 aromatic carbocycles. The molecule has 8 rings (SSSR count). The quantitative estimate of drug-likeness (QED) is 0.292. The third-order valence-corrected chi connectivity index (χ3v) is 16.8. The number of nitrogens with zero attached hydrogens (tertiary/aromatic N) is 2. The van der Waals surface area contributed by atoms with Crippen LogP contribution in [0.4, 0.5) is 0 Å². The maximum absolute atomic E-state index is 11.0. The Hall–Kier alpha value is -0.320. The molecule has 2 spiro atoms. The van der Waals surface area contributed by atoms with E-state index in [1.807, 2.05) is 34.6 Å². The molecule has 8 aliphatic rings. The monoisotopic (exact) mass is 701 g/mol. The van der Waals surface area contributed by atoms with Crippen molar-refractivity contribution in [3.63, 3.8) is 0 Å². The molecule has 8 fully saturated rings. The lowest BCUT2D eigenvalue weighted by Gasteiger charge is -2.60. The molecule has 50 heavy (non-hydrogen) atoms. The van der Waals surface area contributed by atoms with Crippen molar-refractivity contribution in [1.82, 2.24) is 9.80 Å². The highest BCUT2D eigenvalue weighted by molar-refractivity contribution is 5.29. The van der Waals surface area contributed by atoms with E-state index in [1.54, 1.807) is 0 Å². The molecule has 8 nitrogen and oxygen atoms in total. The van der Waals surface area contributed by atoms with E-state index in [4.69, 9.17) is 18.9 Å². The van der Waals surface area contributed by atoms with Gasteiger partial charge < -0.3 is 29.2 Å². The van der Waals surface area contributed by atoms with E-state index < -0.39 is 11.2 Å². The van der Waals surface area contributed by atoms with Crippen LogP contribution in [0.15, 0.2) is 0 Å². The number of rotatable bonds is 9. The number of ether oxygens (including phenoxy) is 4. The summed E-state index contributed by atoms with van der Waals surface area (Å²) in [5.41, 5.74) is 0.0797. The van der Waals surface area contributed by atoms with Crippen LogP contribution >= 0.6 is 0 Å². The van der Waals surface area contributed by atoms with Crippen LogP contribution in [-0.2, 0) is 18.9 Å². The molecule has 2 N–H and O–H groups in total. The number of fused-ring (bicyclic) bond motifs is 4. The van der Waals surface area contributed by atoms with Gasteiger partial charge in [-0.05, 0) is 151 Å². The van der Waals surface area contributed by atoms with E-state index in [2.05, 4.69) is 37.5 Å². The Kier molecular flexibility index (Phi) is 8.86. The summed E-state index contributed by atoms with van der Waals surface area (Å²) >= 11 is 0. The van der Waals surface area contributed by atoms with E-state index in [9.17, 15) is 10.2 Å². The van der Waals surface area contributed by atoms with Gasteiger partial charge in [0.1, 0.15) is 6.10 Å². The summed E-state index contributed by atoms with van der Waals surface area (Å²) in [7, 11) is 0. The maximum atomic E-state index is 11.0. The van der Waals surface area contributed by atoms with Gasteiger partial charge in [-0.2, -0.15) is 0 Å². The van der Waals surface area contributed by atoms with Gasteiger partial charge in [0.2, 0.25) is 0 Å². The Morgan fingerprint density at radius 3 is 2.32 bits per heavy atom. The van der Waals surface area contributed by atoms with E-state index in [1.165, 1.54) is 51.4 Å². The predicted octanol–water partition coefficient (Wildman–Crippen LogP) is 6.26. The van der Waals surface area contributed by atoms with Crippen molar-refractivity contribution in [3.05, 3.63) is 0 Å².